The van der Waals surface area contributed by atoms with Crippen molar-refractivity contribution < 1.29 is 9.21 Å². The van der Waals surface area contributed by atoms with Crippen LogP contribution in [-0.2, 0) is 0 Å². The molecular formula is C25H25N5O2. The van der Waals surface area contributed by atoms with Gasteiger partial charge in [0, 0.05) is 29.9 Å². The number of pyridine rings is 1. The van der Waals surface area contributed by atoms with Gasteiger partial charge in [-0.2, -0.15) is 0 Å². The van der Waals surface area contributed by atoms with E-state index < -0.39 is 0 Å². The Morgan fingerprint density at radius 3 is 2.69 bits per heavy atom. The minimum Gasteiger partial charge on any atom is -0.450 e. The quantitative estimate of drug-likeness (QED) is 0.478. The molecule has 1 fully saturated rings. The number of fused-ring (bicyclic) bond motifs is 1. The number of amides is 1. The number of hydrogen-bond donors (Lipinski definition) is 1. The van der Waals surface area contributed by atoms with E-state index in [1.165, 1.54) is 0 Å². The van der Waals surface area contributed by atoms with Crippen LogP contribution in [0.15, 0.2) is 53.5 Å². The van der Waals surface area contributed by atoms with Crippen molar-refractivity contribution in [2.45, 2.75) is 39.7 Å². The summed E-state index contributed by atoms with van der Waals surface area (Å²) < 4.78 is 6.12. The molecule has 1 amide bonds. The monoisotopic (exact) mass is 427 g/mol. The van der Waals surface area contributed by atoms with Crippen LogP contribution in [0.5, 0.6) is 0 Å². The lowest BCUT2D eigenvalue weighted by atomic mass is 10.0. The number of likely N-dealkylation sites (tertiary alicyclic amines) is 1. The van der Waals surface area contributed by atoms with Gasteiger partial charge in [-0.15, -0.1) is 0 Å². The van der Waals surface area contributed by atoms with Gasteiger partial charge in [0.05, 0.1) is 29.8 Å². The molecule has 4 aromatic rings. The minimum atomic E-state index is -0.0678. The van der Waals surface area contributed by atoms with Crippen molar-refractivity contribution in [3.05, 3.63) is 77.2 Å². The number of carbonyl (C=O) groups is 1. The van der Waals surface area contributed by atoms with Crippen LogP contribution in [-0.4, -0.2) is 32.3 Å². The maximum atomic E-state index is 13.5. The fourth-order valence-electron chi connectivity index (χ4n) is 4.36. The topological polar surface area (TPSA) is 84.2 Å². The van der Waals surface area contributed by atoms with Crippen LogP contribution < -0.4 is 5.32 Å². The fraction of sp³-hybridized carbons (Fsp3) is 0.280. The van der Waals surface area contributed by atoms with Crippen LogP contribution in [0.3, 0.4) is 0 Å². The maximum absolute atomic E-state index is 13.5. The van der Waals surface area contributed by atoms with Crippen LogP contribution in [0.25, 0.3) is 11.0 Å². The summed E-state index contributed by atoms with van der Waals surface area (Å²) in [6.07, 6.45) is 8.51. The molecule has 1 aromatic carbocycles. The van der Waals surface area contributed by atoms with E-state index in [1.807, 2.05) is 36.9 Å². The third-order valence-corrected chi connectivity index (χ3v) is 6.30. The Morgan fingerprint density at radius 2 is 1.94 bits per heavy atom. The summed E-state index contributed by atoms with van der Waals surface area (Å²) in [5.74, 6) is 1.02. The highest BCUT2D eigenvalue weighted by Crippen LogP contribution is 2.36. The number of nitrogens with one attached hydrogen (secondary N) is 1. The summed E-state index contributed by atoms with van der Waals surface area (Å²) in [6, 6.07) is 7.97. The van der Waals surface area contributed by atoms with E-state index in [9.17, 15) is 4.79 Å². The lowest BCUT2D eigenvalue weighted by Crippen LogP contribution is -2.31. The van der Waals surface area contributed by atoms with Gasteiger partial charge in [0.25, 0.3) is 5.91 Å². The number of carbonyl (C=O) groups excluding carboxylic acids is 1. The van der Waals surface area contributed by atoms with E-state index in [2.05, 4.69) is 33.3 Å². The number of furan rings is 1. The smallest absolute Gasteiger partial charge is 0.290 e. The minimum absolute atomic E-state index is 0.0662. The average molecular weight is 428 g/mol. The number of rotatable bonds is 4. The van der Waals surface area contributed by atoms with Crippen molar-refractivity contribution in [1.29, 1.82) is 0 Å². The molecule has 1 N–H and O–H groups in total. The largest absolute Gasteiger partial charge is 0.450 e. The molecule has 0 saturated carbocycles. The first-order valence-electron chi connectivity index (χ1n) is 10.8. The van der Waals surface area contributed by atoms with Crippen LogP contribution in [0.2, 0.25) is 0 Å². The molecule has 162 valence electrons. The fourth-order valence-corrected chi connectivity index (χ4v) is 4.36. The number of aromatic nitrogens is 3. The second kappa shape index (κ2) is 8.07. The SMILES string of the molecule is Cc1ccc2c(C)c(C(=O)N3CCCC3c3ccc(Nc4cnccn4)cn3)oc2c1C. The molecule has 0 aliphatic carbocycles. The highest BCUT2D eigenvalue weighted by atomic mass is 16.3. The van der Waals surface area contributed by atoms with Gasteiger partial charge in [0.15, 0.2) is 5.76 Å². The van der Waals surface area contributed by atoms with E-state index in [0.717, 1.165) is 51.9 Å². The zero-order valence-corrected chi connectivity index (χ0v) is 18.4. The summed E-state index contributed by atoms with van der Waals surface area (Å²) in [4.78, 5) is 28.3. The summed E-state index contributed by atoms with van der Waals surface area (Å²) in [7, 11) is 0. The molecule has 1 saturated heterocycles. The number of hydrogen-bond acceptors (Lipinski definition) is 6. The molecular weight excluding hydrogens is 402 g/mol. The molecule has 0 spiro atoms. The predicted octanol–water partition coefficient (Wildman–Crippen LogP) is 5.26. The van der Waals surface area contributed by atoms with Gasteiger partial charge in [-0.3, -0.25) is 14.8 Å². The average Bonchev–Trinajstić information content (AvgIpc) is 3.43. The van der Waals surface area contributed by atoms with Crippen molar-refractivity contribution in [3.63, 3.8) is 0 Å². The molecule has 32 heavy (non-hydrogen) atoms. The molecule has 3 aromatic heterocycles. The number of aryl methyl sites for hydroxylation is 3. The van der Waals surface area contributed by atoms with Gasteiger partial charge in [-0.25, -0.2) is 4.98 Å². The first-order chi connectivity index (χ1) is 15.5. The van der Waals surface area contributed by atoms with Crippen molar-refractivity contribution in [2.24, 2.45) is 0 Å². The molecule has 7 nitrogen and oxygen atoms in total. The first-order valence-corrected chi connectivity index (χ1v) is 10.8. The molecule has 1 aliphatic heterocycles. The Balaban J connectivity index is 1.40. The standard InChI is InChI=1S/C25H25N5O2/c1-15-6-8-19-17(3)24(32-23(19)16(15)2)25(31)30-12-4-5-21(30)20-9-7-18(13-28-20)29-22-14-26-10-11-27-22/h6-11,13-14,21H,4-5,12H2,1-3H3,(H,27,29). The van der Waals surface area contributed by atoms with Crippen LogP contribution in [0.1, 0.15) is 51.8 Å². The van der Waals surface area contributed by atoms with Crippen LogP contribution in [0.4, 0.5) is 11.5 Å². The van der Waals surface area contributed by atoms with Gasteiger partial charge < -0.3 is 14.6 Å². The zero-order valence-electron chi connectivity index (χ0n) is 18.4. The highest BCUT2D eigenvalue weighted by molar-refractivity contribution is 6.00. The van der Waals surface area contributed by atoms with E-state index in [0.29, 0.717) is 18.1 Å². The molecule has 4 heterocycles. The van der Waals surface area contributed by atoms with Gasteiger partial charge >= 0.3 is 0 Å². The Labute approximate surface area is 186 Å². The molecule has 0 radical (unpaired) electrons. The van der Waals surface area contributed by atoms with Crippen LogP contribution >= 0.6 is 0 Å². The van der Waals surface area contributed by atoms with Crippen LogP contribution in [0, 0.1) is 20.8 Å². The molecule has 1 aliphatic rings. The van der Waals surface area contributed by atoms with Crippen molar-refractivity contribution >= 4 is 28.4 Å². The lowest BCUT2D eigenvalue weighted by molar-refractivity contribution is 0.0702. The molecule has 1 atom stereocenters. The number of anilines is 2. The number of nitrogens with zero attached hydrogens (tertiary/aromatic N) is 4. The molecule has 1 unspecified atom stereocenters. The maximum Gasteiger partial charge on any atom is 0.290 e. The van der Waals surface area contributed by atoms with E-state index in [4.69, 9.17) is 4.42 Å². The van der Waals surface area contributed by atoms with Crippen molar-refractivity contribution in [1.82, 2.24) is 19.9 Å². The first kappa shape index (κ1) is 20.2. The Morgan fingerprint density at radius 1 is 1.06 bits per heavy atom. The second-order valence-electron chi connectivity index (χ2n) is 8.28. The lowest BCUT2D eigenvalue weighted by Gasteiger charge is -2.23. The summed E-state index contributed by atoms with van der Waals surface area (Å²) in [6.45, 7) is 6.75. The van der Waals surface area contributed by atoms with E-state index in [1.54, 1.807) is 24.8 Å². The Hall–Kier alpha value is -3.74. The van der Waals surface area contributed by atoms with Gasteiger partial charge in [0.2, 0.25) is 0 Å². The summed E-state index contributed by atoms with van der Waals surface area (Å²) in [5, 5.41) is 4.19. The van der Waals surface area contributed by atoms with Gasteiger partial charge in [0.1, 0.15) is 11.4 Å². The third-order valence-electron chi connectivity index (χ3n) is 6.30. The molecule has 5 rings (SSSR count). The third kappa shape index (κ3) is 3.49. The van der Waals surface area contributed by atoms with Gasteiger partial charge in [-0.05, 0) is 56.9 Å². The zero-order chi connectivity index (χ0) is 22.2. The van der Waals surface area contributed by atoms with E-state index in [-0.39, 0.29) is 11.9 Å². The molecule has 7 heteroatoms. The summed E-state index contributed by atoms with van der Waals surface area (Å²) >= 11 is 0. The summed E-state index contributed by atoms with van der Waals surface area (Å²) in [5.41, 5.74) is 5.64. The normalized spacial score (nSPS) is 16.0. The number of benzene rings is 1. The second-order valence-corrected chi connectivity index (χ2v) is 8.28. The van der Waals surface area contributed by atoms with Crippen molar-refractivity contribution in [2.75, 3.05) is 11.9 Å². The van der Waals surface area contributed by atoms with Gasteiger partial charge in [-0.1, -0.05) is 12.1 Å². The predicted molar refractivity (Wildman–Crippen MR) is 123 cm³/mol. The van der Waals surface area contributed by atoms with Crippen molar-refractivity contribution in [3.8, 4) is 0 Å². The Kier molecular flexibility index (Phi) is 5.09. The highest BCUT2D eigenvalue weighted by Gasteiger charge is 2.34. The Bertz CT molecular complexity index is 1280. The molecule has 0 bridgehead atoms. The van der Waals surface area contributed by atoms with E-state index >= 15 is 0 Å².